The van der Waals surface area contributed by atoms with E-state index in [2.05, 4.69) is 10.4 Å². The largest absolute Gasteiger partial charge is 0.338 e. The molecular formula is C19H16N4O. The van der Waals surface area contributed by atoms with Crippen LogP contribution in [-0.4, -0.2) is 20.3 Å². The van der Waals surface area contributed by atoms with Crippen LogP contribution in [0.5, 0.6) is 0 Å². The Balaban J connectivity index is 1.57. The van der Waals surface area contributed by atoms with Crippen LogP contribution in [0, 0.1) is 0 Å². The summed E-state index contributed by atoms with van der Waals surface area (Å²) in [6.07, 6.45) is 5.50. The molecule has 0 atom stereocenters. The lowest BCUT2D eigenvalue weighted by Crippen LogP contribution is -2.19. The van der Waals surface area contributed by atoms with E-state index in [0.29, 0.717) is 0 Å². The van der Waals surface area contributed by atoms with Crippen molar-refractivity contribution in [3.8, 4) is 5.69 Å². The van der Waals surface area contributed by atoms with Gasteiger partial charge in [0.25, 0.3) is 0 Å². The first-order valence-electron chi connectivity index (χ1n) is 7.74. The van der Waals surface area contributed by atoms with Crippen molar-refractivity contribution in [2.24, 2.45) is 0 Å². The van der Waals surface area contributed by atoms with Crippen molar-refractivity contribution in [3.05, 3.63) is 79.3 Å². The fourth-order valence-corrected chi connectivity index (χ4v) is 2.81. The third-order valence-electron chi connectivity index (χ3n) is 3.92. The minimum absolute atomic E-state index is 0.0732. The summed E-state index contributed by atoms with van der Waals surface area (Å²) in [7, 11) is 0. The Labute approximate surface area is 139 Å². The lowest BCUT2D eigenvalue weighted by molar-refractivity contribution is -0.116. The molecule has 0 unspecified atom stereocenters. The highest BCUT2D eigenvalue weighted by Crippen LogP contribution is 2.20. The van der Waals surface area contributed by atoms with Gasteiger partial charge in [-0.3, -0.25) is 4.79 Å². The Kier molecular flexibility index (Phi) is 3.59. The maximum absolute atomic E-state index is 12.5. The number of hydrogen-bond donors (Lipinski definition) is 1. The third kappa shape index (κ3) is 2.67. The van der Waals surface area contributed by atoms with Crippen LogP contribution in [0.3, 0.4) is 0 Å². The number of nitrogens with zero attached hydrogens (tertiary/aromatic N) is 3. The van der Waals surface area contributed by atoms with Gasteiger partial charge in [0.15, 0.2) is 0 Å². The topological polar surface area (TPSA) is 51.9 Å². The summed E-state index contributed by atoms with van der Waals surface area (Å²) in [6, 6.07) is 19.5. The molecule has 4 rings (SSSR count). The molecule has 2 aromatic carbocycles. The first-order valence-corrected chi connectivity index (χ1v) is 7.74. The highest BCUT2D eigenvalue weighted by molar-refractivity contribution is 5.93. The number of aromatic nitrogens is 3. The molecule has 0 fully saturated rings. The highest BCUT2D eigenvalue weighted by atomic mass is 16.1. The molecule has 2 heterocycles. The molecule has 5 heteroatoms. The van der Waals surface area contributed by atoms with Gasteiger partial charge in [-0.15, -0.1) is 0 Å². The summed E-state index contributed by atoms with van der Waals surface area (Å²) in [6.45, 7) is 0.265. The number of benzene rings is 2. The van der Waals surface area contributed by atoms with Crippen molar-refractivity contribution in [1.82, 2.24) is 14.3 Å². The molecule has 1 amide bonds. The van der Waals surface area contributed by atoms with E-state index in [9.17, 15) is 4.79 Å². The second-order valence-corrected chi connectivity index (χ2v) is 5.52. The summed E-state index contributed by atoms with van der Waals surface area (Å²) in [4.78, 5) is 12.5. The maximum atomic E-state index is 12.5. The minimum Gasteiger partial charge on any atom is -0.338 e. The van der Waals surface area contributed by atoms with E-state index in [1.165, 1.54) is 0 Å². The molecule has 0 bridgehead atoms. The number of hydrogen-bond acceptors (Lipinski definition) is 2. The van der Waals surface area contributed by atoms with Gasteiger partial charge < -0.3 is 9.88 Å². The number of carbonyl (C=O) groups is 1. The van der Waals surface area contributed by atoms with Gasteiger partial charge in [-0.1, -0.05) is 30.3 Å². The minimum atomic E-state index is -0.0732. The molecule has 0 spiro atoms. The normalized spacial score (nSPS) is 10.8. The number of fused-ring (bicyclic) bond motifs is 1. The molecule has 118 valence electrons. The predicted octanol–water partition coefficient (Wildman–Crippen LogP) is 3.47. The molecule has 1 N–H and O–H groups in total. The van der Waals surface area contributed by atoms with E-state index < -0.39 is 0 Å². The van der Waals surface area contributed by atoms with Crippen molar-refractivity contribution in [3.63, 3.8) is 0 Å². The number of amides is 1. The van der Waals surface area contributed by atoms with Crippen LogP contribution in [0.15, 0.2) is 79.3 Å². The standard InChI is InChI=1S/C19H16N4O/c24-19(14-22-13-10-15-6-1-3-8-17(15)22)21-16-7-2-4-9-18(16)23-12-5-11-20-23/h1-13H,14H2,(H,21,24). The van der Waals surface area contributed by atoms with E-state index >= 15 is 0 Å². The summed E-state index contributed by atoms with van der Waals surface area (Å²) in [5.41, 5.74) is 2.63. The van der Waals surface area contributed by atoms with E-state index in [0.717, 1.165) is 22.3 Å². The Morgan fingerprint density at radius 3 is 2.67 bits per heavy atom. The summed E-state index contributed by atoms with van der Waals surface area (Å²) in [5.74, 6) is -0.0732. The van der Waals surface area contributed by atoms with Gasteiger partial charge in [-0.05, 0) is 35.7 Å². The van der Waals surface area contributed by atoms with Gasteiger partial charge in [0.1, 0.15) is 6.54 Å². The van der Waals surface area contributed by atoms with Gasteiger partial charge in [0.2, 0.25) is 5.91 Å². The maximum Gasteiger partial charge on any atom is 0.244 e. The molecule has 0 aliphatic carbocycles. The average Bonchev–Trinajstić information content (AvgIpc) is 3.26. The van der Waals surface area contributed by atoms with Crippen LogP contribution in [0.2, 0.25) is 0 Å². The van der Waals surface area contributed by atoms with Crippen molar-refractivity contribution in [1.29, 1.82) is 0 Å². The summed E-state index contributed by atoms with van der Waals surface area (Å²) >= 11 is 0. The molecular weight excluding hydrogens is 300 g/mol. The van der Waals surface area contributed by atoms with Gasteiger partial charge in [0.05, 0.1) is 11.4 Å². The molecule has 0 aliphatic heterocycles. The molecule has 0 saturated carbocycles. The lowest BCUT2D eigenvalue weighted by atomic mass is 10.2. The van der Waals surface area contributed by atoms with Gasteiger partial charge in [-0.2, -0.15) is 5.10 Å². The van der Waals surface area contributed by atoms with E-state index in [1.807, 2.05) is 77.6 Å². The Morgan fingerprint density at radius 1 is 0.958 bits per heavy atom. The SMILES string of the molecule is O=C(Cn1ccc2ccccc21)Nc1ccccc1-n1cccn1. The molecule has 0 aliphatic rings. The van der Waals surface area contributed by atoms with E-state index in [-0.39, 0.29) is 12.5 Å². The molecule has 2 aromatic heterocycles. The van der Waals surface area contributed by atoms with E-state index in [1.54, 1.807) is 10.9 Å². The van der Waals surface area contributed by atoms with Crippen LogP contribution in [0.1, 0.15) is 0 Å². The molecule has 0 saturated heterocycles. The number of rotatable bonds is 4. The Bertz CT molecular complexity index is 985. The second kappa shape index (κ2) is 6.04. The first-order chi connectivity index (χ1) is 11.8. The van der Waals surface area contributed by atoms with Crippen LogP contribution in [0.4, 0.5) is 5.69 Å². The zero-order chi connectivity index (χ0) is 16.4. The second-order valence-electron chi connectivity index (χ2n) is 5.52. The molecule has 24 heavy (non-hydrogen) atoms. The zero-order valence-electron chi connectivity index (χ0n) is 13.0. The fraction of sp³-hybridized carbons (Fsp3) is 0.0526. The smallest absolute Gasteiger partial charge is 0.244 e. The summed E-state index contributed by atoms with van der Waals surface area (Å²) < 4.78 is 3.68. The number of nitrogens with one attached hydrogen (secondary N) is 1. The van der Waals surface area contributed by atoms with Gasteiger partial charge in [-0.25, -0.2) is 4.68 Å². The van der Waals surface area contributed by atoms with Crippen molar-refractivity contribution < 1.29 is 4.79 Å². The van der Waals surface area contributed by atoms with Crippen LogP contribution < -0.4 is 5.32 Å². The fourth-order valence-electron chi connectivity index (χ4n) is 2.81. The Morgan fingerprint density at radius 2 is 1.79 bits per heavy atom. The van der Waals surface area contributed by atoms with Gasteiger partial charge in [0, 0.05) is 24.1 Å². The van der Waals surface area contributed by atoms with E-state index in [4.69, 9.17) is 0 Å². The van der Waals surface area contributed by atoms with Crippen LogP contribution >= 0.6 is 0 Å². The number of para-hydroxylation sites is 3. The highest BCUT2D eigenvalue weighted by Gasteiger charge is 2.10. The number of carbonyl (C=O) groups excluding carboxylic acids is 1. The van der Waals surface area contributed by atoms with Crippen LogP contribution in [0.25, 0.3) is 16.6 Å². The molecule has 5 nitrogen and oxygen atoms in total. The van der Waals surface area contributed by atoms with Crippen molar-refractivity contribution in [2.75, 3.05) is 5.32 Å². The van der Waals surface area contributed by atoms with Crippen LogP contribution in [-0.2, 0) is 11.3 Å². The average molecular weight is 316 g/mol. The quantitative estimate of drug-likeness (QED) is 0.627. The predicted molar refractivity (Wildman–Crippen MR) is 94.1 cm³/mol. The third-order valence-corrected chi connectivity index (χ3v) is 3.92. The molecule has 0 radical (unpaired) electrons. The monoisotopic (exact) mass is 316 g/mol. The first kappa shape index (κ1) is 14.3. The summed E-state index contributed by atoms with van der Waals surface area (Å²) in [5, 5.41) is 8.34. The lowest BCUT2D eigenvalue weighted by Gasteiger charge is -2.12. The van der Waals surface area contributed by atoms with Gasteiger partial charge >= 0.3 is 0 Å². The number of anilines is 1. The zero-order valence-corrected chi connectivity index (χ0v) is 13.0. The Hall–Kier alpha value is -3.34. The van der Waals surface area contributed by atoms with Crippen molar-refractivity contribution >= 4 is 22.5 Å². The molecule has 4 aromatic rings. The van der Waals surface area contributed by atoms with Crippen molar-refractivity contribution in [2.45, 2.75) is 6.54 Å².